The molecular weight excluding hydrogens is 446 g/mol. The molecule has 0 aliphatic rings. The number of anilines is 1. The molecule has 8 heteroatoms. The maximum absolute atomic E-state index is 12.7. The number of benzene rings is 3. The quantitative estimate of drug-likeness (QED) is 0.359. The summed E-state index contributed by atoms with van der Waals surface area (Å²) in [5.74, 6) is 0.513. The molecule has 7 nitrogen and oxygen atoms in total. The van der Waals surface area contributed by atoms with E-state index in [0.717, 1.165) is 17.0 Å². The third-order valence-electron chi connectivity index (χ3n) is 5.20. The fourth-order valence-corrected chi connectivity index (χ4v) is 4.11. The fraction of sp³-hybridized carbons (Fsp3) is 0.154. The molecule has 0 saturated heterocycles. The molecule has 3 aromatic carbocycles. The van der Waals surface area contributed by atoms with Crippen molar-refractivity contribution >= 4 is 29.3 Å². The highest BCUT2D eigenvalue weighted by molar-refractivity contribution is 7.99. The van der Waals surface area contributed by atoms with Crippen LogP contribution in [0.2, 0.25) is 0 Å². The summed E-state index contributed by atoms with van der Waals surface area (Å²) in [4.78, 5) is 25.3. The highest BCUT2D eigenvalue weighted by Crippen LogP contribution is 2.19. The molecule has 34 heavy (non-hydrogen) atoms. The van der Waals surface area contributed by atoms with Gasteiger partial charge in [0.15, 0.2) is 5.16 Å². The number of carbonyl (C=O) groups excluding carboxylic acids is 2. The smallest absolute Gasteiger partial charge is 0.253 e. The minimum Gasteiger partial charge on any atom is -0.348 e. The van der Waals surface area contributed by atoms with E-state index in [1.54, 1.807) is 24.3 Å². The fourth-order valence-electron chi connectivity index (χ4n) is 3.38. The van der Waals surface area contributed by atoms with Gasteiger partial charge in [0.1, 0.15) is 5.82 Å². The van der Waals surface area contributed by atoms with Gasteiger partial charge in [0, 0.05) is 20.0 Å². The number of aromatic nitrogens is 3. The van der Waals surface area contributed by atoms with Crippen molar-refractivity contribution in [2.24, 2.45) is 7.05 Å². The largest absolute Gasteiger partial charge is 0.348 e. The standard InChI is InChI=1S/C26H25N5O2S/c1-31-23(16-19-10-4-2-5-11-19)29-30-26(31)34-18-24(32)28-22-15-9-8-14-21(22)25(33)27-17-20-12-6-3-7-13-20/h2-15H,16-18H2,1H3,(H,27,33)(H,28,32). The molecule has 4 aromatic rings. The van der Waals surface area contributed by atoms with E-state index >= 15 is 0 Å². The van der Waals surface area contributed by atoms with Crippen molar-refractivity contribution in [3.63, 3.8) is 0 Å². The lowest BCUT2D eigenvalue weighted by Crippen LogP contribution is -2.25. The van der Waals surface area contributed by atoms with Crippen LogP contribution in [-0.2, 0) is 24.8 Å². The maximum atomic E-state index is 12.7. The van der Waals surface area contributed by atoms with Gasteiger partial charge in [-0.1, -0.05) is 84.6 Å². The van der Waals surface area contributed by atoms with Crippen molar-refractivity contribution in [3.8, 4) is 0 Å². The van der Waals surface area contributed by atoms with E-state index in [1.807, 2.05) is 72.3 Å². The molecule has 0 unspecified atom stereocenters. The average Bonchev–Trinajstić information content (AvgIpc) is 3.21. The zero-order chi connectivity index (χ0) is 23.8. The van der Waals surface area contributed by atoms with E-state index in [0.29, 0.717) is 29.4 Å². The lowest BCUT2D eigenvalue weighted by atomic mass is 10.1. The summed E-state index contributed by atoms with van der Waals surface area (Å²) in [6.07, 6.45) is 0.669. The van der Waals surface area contributed by atoms with Crippen molar-refractivity contribution in [1.29, 1.82) is 0 Å². The van der Waals surface area contributed by atoms with Crippen LogP contribution in [0.15, 0.2) is 90.1 Å². The molecular formula is C26H25N5O2S. The number of carbonyl (C=O) groups is 2. The molecule has 0 radical (unpaired) electrons. The van der Waals surface area contributed by atoms with Crippen LogP contribution in [0.5, 0.6) is 0 Å². The van der Waals surface area contributed by atoms with Gasteiger partial charge in [-0.05, 0) is 23.3 Å². The molecule has 0 aliphatic heterocycles. The predicted octanol–water partition coefficient (Wildman–Crippen LogP) is 4.07. The van der Waals surface area contributed by atoms with Gasteiger partial charge in [-0.3, -0.25) is 9.59 Å². The van der Waals surface area contributed by atoms with Crippen molar-refractivity contribution in [1.82, 2.24) is 20.1 Å². The predicted molar refractivity (Wildman–Crippen MR) is 134 cm³/mol. The molecule has 0 saturated carbocycles. The summed E-state index contributed by atoms with van der Waals surface area (Å²) in [5, 5.41) is 14.9. The molecule has 0 atom stereocenters. The van der Waals surface area contributed by atoms with Gasteiger partial charge in [-0.15, -0.1) is 10.2 Å². The minimum atomic E-state index is -0.244. The van der Waals surface area contributed by atoms with Crippen LogP contribution in [-0.4, -0.2) is 32.3 Å². The van der Waals surface area contributed by atoms with E-state index in [1.165, 1.54) is 11.8 Å². The first kappa shape index (κ1) is 23.3. The second-order valence-electron chi connectivity index (χ2n) is 7.67. The Bertz CT molecular complexity index is 1260. The van der Waals surface area contributed by atoms with Crippen molar-refractivity contribution in [2.75, 3.05) is 11.1 Å². The van der Waals surface area contributed by atoms with Crippen LogP contribution in [0.3, 0.4) is 0 Å². The van der Waals surface area contributed by atoms with Crippen LogP contribution in [0.4, 0.5) is 5.69 Å². The Morgan fingerprint density at radius 3 is 2.24 bits per heavy atom. The second kappa shape index (κ2) is 11.3. The normalized spacial score (nSPS) is 10.6. The Labute approximate surface area is 202 Å². The van der Waals surface area contributed by atoms with E-state index in [2.05, 4.69) is 20.8 Å². The summed E-state index contributed by atoms with van der Waals surface area (Å²) in [6, 6.07) is 26.7. The lowest BCUT2D eigenvalue weighted by Gasteiger charge is -2.11. The van der Waals surface area contributed by atoms with Gasteiger partial charge in [-0.25, -0.2) is 0 Å². The molecule has 2 N–H and O–H groups in total. The average molecular weight is 472 g/mol. The second-order valence-corrected chi connectivity index (χ2v) is 8.61. The van der Waals surface area contributed by atoms with Crippen LogP contribution in [0.1, 0.15) is 27.3 Å². The van der Waals surface area contributed by atoms with Crippen LogP contribution >= 0.6 is 11.8 Å². The van der Waals surface area contributed by atoms with E-state index in [4.69, 9.17) is 0 Å². The molecule has 1 heterocycles. The van der Waals surface area contributed by atoms with Gasteiger partial charge < -0.3 is 15.2 Å². The minimum absolute atomic E-state index is 0.150. The van der Waals surface area contributed by atoms with Gasteiger partial charge in [0.2, 0.25) is 5.91 Å². The number of nitrogens with one attached hydrogen (secondary N) is 2. The number of para-hydroxylation sites is 1. The Morgan fingerprint density at radius 1 is 0.853 bits per heavy atom. The summed E-state index contributed by atoms with van der Waals surface area (Å²) in [5.41, 5.74) is 3.04. The van der Waals surface area contributed by atoms with Gasteiger partial charge in [0.05, 0.1) is 17.0 Å². The number of hydrogen-bond donors (Lipinski definition) is 2. The monoisotopic (exact) mass is 471 g/mol. The molecule has 1 aromatic heterocycles. The number of thioether (sulfide) groups is 1. The summed E-state index contributed by atoms with van der Waals surface area (Å²) < 4.78 is 1.90. The molecule has 0 spiro atoms. The number of hydrogen-bond acceptors (Lipinski definition) is 5. The van der Waals surface area contributed by atoms with Crippen LogP contribution in [0, 0.1) is 0 Å². The molecule has 2 amide bonds. The first-order valence-corrected chi connectivity index (χ1v) is 11.8. The number of rotatable bonds is 9. The van der Waals surface area contributed by atoms with E-state index in [-0.39, 0.29) is 17.6 Å². The van der Waals surface area contributed by atoms with Crippen molar-refractivity contribution < 1.29 is 9.59 Å². The maximum Gasteiger partial charge on any atom is 0.253 e. The Balaban J connectivity index is 1.33. The lowest BCUT2D eigenvalue weighted by molar-refractivity contribution is -0.113. The van der Waals surface area contributed by atoms with Crippen molar-refractivity contribution in [2.45, 2.75) is 18.1 Å². The highest BCUT2D eigenvalue weighted by atomic mass is 32.2. The van der Waals surface area contributed by atoms with Crippen molar-refractivity contribution in [3.05, 3.63) is 107 Å². The SMILES string of the molecule is Cn1c(Cc2ccccc2)nnc1SCC(=O)Nc1ccccc1C(=O)NCc1ccccc1. The van der Waals surface area contributed by atoms with Gasteiger partial charge >= 0.3 is 0 Å². The molecule has 0 fully saturated rings. The molecule has 172 valence electrons. The molecule has 0 bridgehead atoms. The summed E-state index contributed by atoms with van der Waals surface area (Å²) in [7, 11) is 1.89. The topological polar surface area (TPSA) is 88.9 Å². The first-order chi connectivity index (χ1) is 16.6. The Hall–Kier alpha value is -3.91. The van der Waals surface area contributed by atoms with E-state index in [9.17, 15) is 9.59 Å². The third-order valence-corrected chi connectivity index (χ3v) is 6.22. The Kier molecular flexibility index (Phi) is 7.72. The zero-order valence-electron chi connectivity index (χ0n) is 18.8. The molecule has 0 aliphatic carbocycles. The van der Waals surface area contributed by atoms with E-state index < -0.39 is 0 Å². The summed E-state index contributed by atoms with van der Waals surface area (Å²) in [6.45, 7) is 0.412. The van der Waals surface area contributed by atoms with Crippen LogP contribution in [0.25, 0.3) is 0 Å². The molecule has 4 rings (SSSR count). The Morgan fingerprint density at radius 2 is 1.50 bits per heavy atom. The van der Waals surface area contributed by atoms with Gasteiger partial charge in [-0.2, -0.15) is 0 Å². The third kappa shape index (κ3) is 6.11. The van der Waals surface area contributed by atoms with Gasteiger partial charge in [0.25, 0.3) is 5.91 Å². The van der Waals surface area contributed by atoms with Crippen LogP contribution < -0.4 is 10.6 Å². The first-order valence-electron chi connectivity index (χ1n) is 10.9. The highest BCUT2D eigenvalue weighted by Gasteiger charge is 2.15. The zero-order valence-corrected chi connectivity index (χ0v) is 19.6. The summed E-state index contributed by atoms with van der Waals surface area (Å²) >= 11 is 1.30. The number of nitrogens with zero attached hydrogens (tertiary/aromatic N) is 3. The number of amides is 2.